The third-order valence-electron chi connectivity index (χ3n) is 2.99. The van der Waals surface area contributed by atoms with Gasteiger partial charge in [-0.15, -0.1) is 0 Å². The Balaban J connectivity index is 1.93. The van der Waals surface area contributed by atoms with Gasteiger partial charge in [0.05, 0.1) is 23.0 Å². The lowest BCUT2D eigenvalue weighted by Gasteiger charge is -2.07. The van der Waals surface area contributed by atoms with Crippen LogP contribution < -0.4 is 5.32 Å². The van der Waals surface area contributed by atoms with E-state index in [0.29, 0.717) is 23.7 Å². The number of nitrogens with zero attached hydrogens (tertiary/aromatic N) is 2. The summed E-state index contributed by atoms with van der Waals surface area (Å²) in [6.07, 6.45) is 0. The molecule has 1 aromatic carbocycles. The predicted molar refractivity (Wildman–Crippen MR) is 83.2 cm³/mol. The van der Waals surface area contributed by atoms with Crippen molar-refractivity contribution in [3.63, 3.8) is 0 Å². The minimum Gasteiger partial charge on any atom is -0.350 e. The monoisotopic (exact) mass is 355 g/mol. The van der Waals surface area contributed by atoms with Gasteiger partial charge in [0, 0.05) is 16.6 Å². The first kappa shape index (κ1) is 15.1. The molecule has 4 nitrogen and oxygen atoms in total. The summed E-state index contributed by atoms with van der Waals surface area (Å²) in [5.74, 6) is -0.0982. The van der Waals surface area contributed by atoms with E-state index in [-0.39, 0.29) is 5.91 Å². The van der Waals surface area contributed by atoms with Gasteiger partial charge in [0.15, 0.2) is 0 Å². The Morgan fingerprint density at radius 3 is 2.80 bits per heavy atom. The molecule has 1 N–H and O–H groups in total. The predicted octanol–water partition coefficient (Wildman–Crippen LogP) is 3.35. The Morgan fingerprint density at radius 2 is 2.20 bits per heavy atom. The molecule has 106 valence electrons. The Labute approximate surface area is 131 Å². The lowest BCUT2D eigenvalue weighted by molar-refractivity contribution is 0.0952. The van der Waals surface area contributed by atoms with Crippen molar-refractivity contribution in [2.75, 3.05) is 6.54 Å². The number of nitrogens with one attached hydrogen (secondary N) is 1. The Bertz CT molecular complexity index is 639. The van der Waals surface area contributed by atoms with Crippen molar-refractivity contribution in [1.82, 2.24) is 15.1 Å². The lowest BCUT2D eigenvalue weighted by atomic mass is 10.2. The van der Waals surface area contributed by atoms with Crippen molar-refractivity contribution in [1.29, 1.82) is 0 Å². The first-order valence-corrected chi connectivity index (χ1v) is 7.39. The number of halogens is 2. The fourth-order valence-corrected chi connectivity index (χ4v) is 2.43. The van der Waals surface area contributed by atoms with Gasteiger partial charge in [-0.2, -0.15) is 5.10 Å². The van der Waals surface area contributed by atoms with Gasteiger partial charge >= 0.3 is 0 Å². The molecule has 6 heteroatoms. The standard InChI is InChI=1S/C14H15BrClN3O/c1-9-13(16)10(2)19(18-9)7-6-17-14(20)11-4-3-5-12(15)8-11/h3-5,8H,6-7H2,1-2H3,(H,17,20). The van der Waals surface area contributed by atoms with Gasteiger partial charge in [-0.25, -0.2) is 0 Å². The van der Waals surface area contributed by atoms with Crippen LogP contribution in [0.2, 0.25) is 5.02 Å². The van der Waals surface area contributed by atoms with Gasteiger partial charge in [0.1, 0.15) is 0 Å². The third-order valence-corrected chi connectivity index (χ3v) is 4.03. The third kappa shape index (κ3) is 3.41. The molecule has 2 aromatic rings. The van der Waals surface area contributed by atoms with Crippen molar-refractivity contribution >= 4 is 33.4 Å². The largest absolute Gasteiger partial charge is 0.350 e. The second-order valence-electron chi connectivity index (χ2n) is 4.47. The van der Waals surface area contributed by atoms with E-state index in [1.807, 2.05) is 26.0 Å². The maximum Gasteiger partial charge on any atom is 0.251 e. The van der Waals surface area contributed by atoms with E-state index in [0.717, 1.165) is 15.9 Å². The molecule has 2 rings (SSSR count). The molecule has 0 aliphatic heterocycles. The number of carbonyl (C=O) groups excluding carboxylic acids is 1. The minimum absolute atomic E-state index is 0.0982. The molecule has 1 amide bonds. The van der Waals surface area contributed by atoms with Crippen LogP contribution in [0.5, 0.6) is 0 Å². The van der Waals surface area contributed by atoms with Crippen LogP contribution >= 0.6 is 27.5 Å². The first-order valence-electron chi connectivity index (χ1n) is 6.22. The number of amides is 1. The molecule has 0 bridgehead atoms. The maximum absolute atomic E-state index is 12.0. The topological polar surface area (TPSA) is 46.9 Å². The van der Waals surface area contributed by atoms with Crippen LogP contribution in [0.4, 0.5) is 0 Å². The zero-order valence-corrected chi connectivity index (χ0v) is 13.6. The molecular weight excluding hydrogens is 342 g/mol. The van der Waals surface area contributed by atoms with Crippen molar-refractivity contribution < 1.29 is 4.79 Å². The highest BCUT2D eigenvalue weighted by Gasteiger charge is 2.09. The average molecular weight is 357 g/mol. The molecule has 1 aromatic heterocycles. The van der Waals surface area contributed by atoms with E-state index in [9.17, 15) is 4.79 Å². The molecule has 0 spiro atoms. The Morgan fingerprint density at radius 1 is 1.45 bits per heavy atom. The second-order valence-corrected chi connectivity index (χ2v) is 5.77. The van der Waals surface area contributed by atoms with Crippen LogP contribution in [0, 0.1) is 13.8 Å². The number of carbonyl (C=O) groups is 1. The van der Waals surface area contributed by atoms with Gasteiger partial charge in [-0.1, -0.05) is 33.6 Å². The molecule has 0 radical (unpaired) electrons. The quantitative estimate of drug-likeness (QED) is 0.913. The van der Waals surface area contributed by atoms with E-state index in [2.05, 4.69) is 26.3 Å². The van der Waals surface area contributed by atoms with E-state index in [1.54, 1.807) is 16.8 Å². The number of hydrogen-bond acceptors (Lipinski definition) is 2. The summed E-state index contributed by atoms with van der Waals surface area (Å²) in [5.41, 5.74) is 2.36. The summed E-state index contributed by atoms with van der Waals surface area (Å²) in [4.78, 5) is 12.0. The van der Waals surface area contributed by atoms with Gasteiger partial charge in [0.2, 0.25) is 0 Å². The van der Waals surface area contributed by atoms with Gasteiger partial charge in [-0.3, -0.25) is 9.48 Å². The molecule has 0 saturated heterocycles. The van der Waals surface area contributed by atoms with Crippen LogP contribution in [0.1, 0.15) is 21.7 Å². The fourth-order valence-electron chi connectivity index (χ4n) is 1.90. The summed E-state index contributed by atoms with van der Waals surface area (Å²) in [7, 11) is 0. The number of aromatic nitrogens is 2. The molecule has 0 unspecified atom stereocenters. The smallest absolute Gasteiger partial charge is 0.251 e. The van der Waals surface area contributed by atoms with Crippen LogP contribution in [0.25, 0.3) is 0 Å². The van der Waals surface area contributed by atoms with E-state index in [4.69, 9.17) is 11.6 Å². The SMILES string of the molecule is Cc1nn(CCNC(=O)c2cccc(Br)c2)c(C)c1Cl. The molecular formula is C14H15BrClN3O. The first-order chi connectivity index (χ1) is 9.49. The van der Waals surface area contributed by atoms with E-state index >= 15 is 0 Å². The zero-order valence-electron chi connectivity index (χ0n) is 11.3. The summed E-state index contributed by atoms with van der Waals surface area (Å²) >= 11 is 9.42. The molecule has 0 fully saturated rings. The van der Waals surface area contributed by atoms with Crippen molar-refractivity contribution in [2.45, 2.75) is 20.4 Å². The number of benzene rings is 1. The molecule has 0 atom stereocenters. The number of rotatable bonds is 4. The molecule has 1 heterocycles. The van der Waals surface area contributed by atoms with Crippen molar-refractivity contribution in [3.8, 4) is 0 Å². The molecule has 0 aliphatic rings. The average Bonchev–Trinajstić information content (AvgIpc) is 2.66. The van der Waals surface area contributed by atoms with E-state index < -0.39 is 0 Å². The summed E-state index contributed by atoms with van der Waals surface area (Å²) in [6.45, 7) is 4.88. The van der Waals surface area contributed by atoms with Crippen LogP contribution in [0.15, 0.2) is 28.7 Å². The maximum atomic E-state index is 12.0. The normalized spacial score (nSPS) is 10.6. The van der Waals surface area contributed by atoms with Crippen molar-refractivity contribution in [2.24, 2.45) is 0 Å². The fraction of sp³-hybridized carbons (Fsp3) is 0.286. The number of hydrogen-bond donors (Lipinski definition) is 1. The highest BCUT2D eigenvalue weighted by atomic mass is 79.9. The van der Waals surface area contributed by atoms with Gasteiger partial charge in [-0.05, 0) is 32.0 Å². The highest BCUT2D eigenvalue weighted by molar-refractivity contribution is 9.10. The van der Waals surface area contributed by atoms with Gasteiger partial charge < -0.3 is 5.32 Å². The second kappa shape index (κ2) is 6.41. The van der Waals surface area contributed by atoms with Crippen LogP contribution in [-0.4, -0.2) is 22.2 Å². The molecule has 0 aliphatic carbocycles. The van der Waals surface area contributed by atoms with Crippen LogP contribution in [-0.2, 0) is 6.54 Å². The van der Waals surface area contributed by atoms with Crippen LogP contribution in [0.3, 0.4) is 0 Å². The van der Waals surface area contributed by atoms with Crippen molar-refractivity contribution in [3.05, 3.63) is 50.7 Å². The summed E-state index contributed by atoms with van der Waals surface area (Å²) in [5, 5.41) is 7.87. The minimum atomic E-state index is -0.0982. The lowest BCUT2D eigenvalue weighted by Crippen LogP contribution is -2.27. The molecule has 20 heavy (non-hydrogen) atoms. The van der Waals surface area contributed by atoms with Gasteiger partial charge in [0.25, 0.3) is 5.91 Å². The number of aryl methyl sites for hydroxylation is 1. The summed E-state index contributed by atoms with van der Waals surface area (Å²) in [6, 6.07) is 7.28. The van der Waals surface area contributed by atoms with E-state index in [1.165, 1.54) is 0 Å². The highest BCUT2D eigenvalue weighted by Crippen LogP contribution is 2.18. The summed E-state index contributed by atoms with van der Waals surface area (Å²) < 4.78 is 2.69. The Kier molecular flexibility index (Phi) is 4.83. The molecule has 0 saturated carbocycles. The Hall–Kier alpha value is -1.33. The zero-order chi connectivity index (χ0) is 14.7.